The summed E-state index contributed by atoms with van der Waals surface area (Å²) >= 11 is 0. The zero-order valence-corrected chi connectivity index (χ0v) is 5.82. The molecule has 1 aromatic rings. The van der Waals surface area contributed by atoms with Crippen LogP contribution in [-0.4, -0.2) is 22.6 Å². The molecule has 0 unspecified atom stereocenters. The molecule has 0 aromatic carbocycles. The highest BCUT2D eigenvalue weighted by molar-refractivity contribution is 5.91. The van der Waals surface area contributed by atoms with Gasteiger partial charge >= 0.3 is 0 Å². The summed E-state index contributed by atoms with van der Waals surface area (Å²) in [4.78, 5) is 14.4. The first-order valence-electron chi connectivity index (χ1n) is 3.13. The molecule has 0 aliphatic heterocycles. The minimum absolute atomic E-state index is 0.420. The van der Waals surface area contributed by atoms with Gasteiger partial charge in [0.25, 0.3) is 0 Å². The summed E-state index contributed by atoms with van der Waals surface area (Å²) in [6, 6.07) is 3.29. The summed E-state index contributed by atoms with van der Waals surface area (Å²) in [6.45, 7) is -0.498. The maximum atomic E-state index is 10.6. The van der Waals surface area contributed by atoms with Crippen LogP contribution in [0, 0.1) is 0 Å². The average molecular weight is 152 g/mol. The number of rotatable bonds is 2. The van der Waals surface area contributed by atoms with E-state index in [9.17, 15) is 4.79 Å². The molecule has 11 heavy (non-hydrogen) atoms. The van der Waals surface area contributed by atoms with E-state index in [0.29, 0.717) is 5.69 Å². The Morgan fingerprint density at radius 1 is 1.55 bits per heavy atom. The van der Waals surface area contributed by atoms with E-state index < -0.39 is 12.5 Å². The van der Waals surface area contributed by atoms with Crippen LogP contribution in [0.5, 0.6) is 0 Å². The number of nitrogens with one attached hydrogen (secondary N) is 1. The number of aliphatic hydroxyl groups is 1. The minimum atomic E-state index is -0.498. The molecule has 4 heteroatoms. The third-order valence-electron chi connectivity index (χ3n) is 1.11. The van der Waals surface area contributed by atoms with Gasteiger partial charge in [0, 0.05) is 18.1 Å². The standard InChI is InChI=1S/C7H8N2O2/c10-5-7(11)9-6-1-3-8-4-2-6/h1-4,10H,5H2,(H,8,9,11). The SMILES string of the molecule is O=C(CO)Nc1ccncc1. The van der Waals surface area contributed by atoms with Gasteiger partial charge < -0.3 is 10.4 Å². The molecule has 0 atom stereocenters. The lowest BCUT2D eigenvalue weighted by Crippen LogP contribution is -2.15. The van der Waals surface area contributed by atoms with E-state index in [2.05, 4.69) is 10.3 Å². The van der Waals surface area contributed by atoms with Gasteiger partial charge in [0.15, 0.2) is 0 Å². The quantitative estimate of drug-likeness (QED) is 0.627. The van der Waals surface area contributed by atoms with Gasteiger partial charge in [-0.2, -0.15) is 0 Å². The largest absolute Gasteiger partial charge is 0.387 e. The van der Waals surface area contributed by atoms with Crippen molar-refractivity contribution >= 4 is 11.6 Å². The Morgan fingerprint density at radius 2 is 2.18 bits per heavy atom. The van der Waals surface area contributed by atoms with Gasteiger partial charge in [-0.15, -0.1) is 0 Å². The number of pyridine rings is 1. The summed E-state index contributed by atoms with van der Waals surface area (Å²) in [5.74, 6) is -0.420. The Bertz CT molecular complexity index is 235. The van der Waals surface area contributed by atoms with Crippen molar-refractivity contribution in [2.75, 3.05) is 11.9 Å². The number of carbonyl (C=O) groups excluding carboxylic acids is 1. The highest BCUT2D eigenvalue weighted by Gasteiger charge is 1.96. The van der Waals surface area contributed by atoms with Gasteiger partial charge in [-0.25, -0.2) is 0 Å². The maximum absolute atomic E-state index is 10.6. The number of carbonyl (C=O) groups is 1. The molecular weight excluding hydrogens is 144 g/mol. The Balaban J connectivity index is 2.58. The van der Waals surface area contributed by atoms with Crippen LogP contribution in [0.15, 0.2) is 24.5 Å². The first kappa shape index (κ1) is 7.68. The second kappa shape index (κ2) is 3.68. The minimum Gasteiger partial charge on any atom is -0.387 e. The van der Waals surface area contributed by atoms with E-state index in [4.69, 9.17) is 5.11 Å². The zero-order valence-electron chi connectivity index (χ0n) is 5.82. The molecule has 1 aromatic heterocycles. The van der Waals surface area contributed by atoms with Crippen molar-refractivity contribution < 1.29 is 9.90 Å². The summed E-state index contributed by atoms with van der Waals surface area (Å²) in [5, 5.41) is 10.8. The topological polar surface area (TPSA) is 62.2 Å². The number of hydrogen-bond donors (Lipinski definition) is 2. The lowest BCUT2D eigenvalue weighted by Gasteiger charge is -1.99. The van der Waals surface area contributed by atoms with Crippen LogP contribution >= 0.6 is 0 Å². The predicted molar refractivity (Wildman–Crippen MR) is 40.0 cm³/mol. The van der Waals surface area contributed by atoms with Crippen LogP contribution in [0.4, 0.5) is 5.69 Å². The van der Waals surface area contributed by atoms with Gasteiger partial charge in [0.1, 0.15) is 6.61 Å². The van der Waals surface area contributed by atoms with E-state index in [-0.39, 0.29) is 0 Å². The molecule has 4 nitrogen and oxygen atoms in total. The predicted octanol–water partition coefficient (Wildman–Crippen LogP) is 0.0124. The number of aromatic nitrogens is 1. The Morgan fingerprint density at radius 3 is 2.73 bits per heavy atom. The number of aliphatic hydroxyl groups excluding tert-OH is 1. The van der Waals surface area contributed by atoms with E-state index in [1.807, 2.05) is 0 Å². The zero-order chi connectivity index (χ0) is 8.10. The first-order valence-corrected chi connectivity index (χ1v) is 3.13. The Labute approximate surface area is 63.9 Å². The molecule has 0 saturated carbocycles. The van der Waals surface area contributed by atoms with Crippen molar-refractivity contribution in [1.82, 2.24) is 4.98 Å². The Kier molecular flexibility index (Phi) is 2.57. The fourth-order valence-electron chi connectivity index (χ4n) is 0.636. The molecule has 1 heterocycles. The first-order chi connectivity index (χ1) is 5.33. The molecule has 2 N–H and O–H groups in total. The number of nitrogens with zero attached hydrogens (tertiary/aromatic N) is 1. The van der Waals surface area contributed by atoms with Crippen molar-refractivity contribution in [2.24, 2.45) is 0 Å². The van der Waals surface area contributed by atoms with E-state index >= 15 is 0 Å². The monoisotopic (exact) mass is 152 g/mol. The summed E-state index contributed by atoms with van der Waals surface area (Å²) in [6.07, 6.45) is 3.12. The molecule has 0 saturated heterocycles. The van der Waals surface area contributed by atoms with Crippen LogP contribution in [0.3, 0.4) is 0 Å². The molecule has 0 bridgehead atoms. The summed E-state index contributed by atoms with van der Waals surface area (Å²) in [5.41, 5.74) is 0.638. The molecule has 0 radical (unpaired) electrons. The molecule has 0 aliphatic rings. The van der Waals surface area contributed by atoms with E-state index in [0.717, 1.165) is 0 Å². The van der Waals surface area contributed by atoms with Gasteiger partial charge in [-0.3, -0.25) is 9.78 Å². The third kappa shape index (κ3) is 2.35. The van der Waals surface area contributed by atoms with Gasteiger partial charge in [-0.05, 0) is 12.1 Å². The van der Waals surface area contributed by atoms with Gasteiger partial charge in [0.2, 0.25) is 5.91 Å². The summed E-state index contributed by atoms with van der Waals surface area (Å²) in [7, 11) is 0. The van der Waals surface area contributed by atoms with Crippen LogP contribution in [0.1, 0.15) is 0 Å². The van der Waals surface area contributed by atoms with E-state index in [1.165, 1.54) is 0 Å². The second-order valence-electron chi connectivity index (χ2n) is 1.94. The molecule has 58 valence electrons. The smallest absolute Gasteiger partial charge is 0.250 e. The van der Waals surface area contributed by atoms with Crippen molar-refractivity contribution in [3.8, 4) is 0 Å². The average Bonchev–Trinajstić information content (AvgIpc) is 2.06. The van der Waals surface area contributed by atoms with Crippen molar-refractivity contribution in [2.45, 2.75) is 0 Å². The molecule has 0 spiro atoms. The van der Waals surface area contributed by atoms with Crippen molar-refractivity contribution in [3.05, 3.63) is 24.5 Å². The maximum Gasteiger partial charge on any atom is 0.250 e. The normalized spacial score (nSPS) is 9.18. The van der Waals surface area contributed by atoms with Crippen LogP contribution in [-0.2, 0) is 4.79 Å². The molecule has 0 fully saturated rings. The second-order valence-corrected chi connectivity index (χ2v) is 1.94. The number of hydrogen-bond acceptors (Lipinski definition) is 3. The van der Waals surface area contributed by atoms with Crippen LogP contribution in [0.25, 0.3) is 0 Å². The lowest BCUT2D eigenvalue weighted by molar-refractivity contribution is -0.118. The highest BCUT2D eigenvalue weighted by Crippen LogP contribution is 2.01. The molecule has 1 rings (SSSR count). The van der Waals surface area contributed by atoms with Crippen molar-refractivity contribution in [3.63, 3.8) is 0 Å². The Hall–Kier alpha value is -1.42. The fraction of sp³-hybridized carbons (Fsp3) is 0.143. The van der Waals surface area contributed by atoms with Crippen LogP contribution < -0.4 is 5.32 Å². The van der Waals surface area contributed by atoms with Crippen molar-refractivity contribution in [1.29, 1.82) is 0 Å². The third-order valence-corrected chi connectivity index (χ3v) is 1.11. The highest BCUT2D eigenvalue weighted by atomic mass is 16.3. The van der Waals surface area contributed by atoms with Crippen LogP contribution in [0.2, 0.25) is 0 Å². The van der Waals surface area contributed by atoms with E-state index in [1.54, 1.807) is 24.5 Å². The summed E-state index contributed by atoms with van der Waals surface area (Å²) < 4.78 is 0. The number of amides is 1. The number of anilines is 1. The molecular formula is C7H8N2O2. The van der Waals surface area contributed by atoms with Gasteiger partial charge in [0.05, 0.1) is 0 Å². The van der Waals surface area contributed by atoms with Gasteiger partial charge in [-0.1, -0.05) is 0 Å². The lowest BCUT2D eigenvalue weighted by atomic mass is 10.4. The molecule has 0 aliphatic carbocycles. The molecule has 1 amide bonds. The fourth-order valence-corrected chi connectivity index (χ4v) is 0.636.